The summed E-state index contributed by atoms with van der Waals surface area (Å²) in [5, 5.41) is 2.45. The number of nitrogens with two attached hydrogens (primary N) is 1. The average Bonchev–Trinajstić information content (AvgIpc) is 2.59. The van der Waals surface area contributed by atoms with Crippen molar-refractivity contribution in [3.63, 3.8) is 0 Å². The third-order valence-corrected chi connectivity index (χ3v) is 4.20. The van der Waals surface area contributed by atoms with Crippen molar-refractivity contribution in [2.24, 2.45) is 11.7 Å². The summed E-state index contributed by atoms with van der Waals surface area (Å²) in [5.74, 6) is -0.963. The zero-order valence-corrected chi connectivity index (χ0v) is 13.7. The van der Waals surface area contributed by atoms with Gasteiger partial charge in [0.1, 0.15) is 13.2 Å². The fraction of sp³-hybridized carbons (Fsp3) is 0.471. The molecule has 1 saturated heterocycles. The lowest BCUT2D eigenvalue weighted by Gasteiger charge is -2.36. The molecule has 1 heterocycles. The van der Waals surface area contributed by atoms with Crippen molar-refractivity contribution < 1.29 is 19.1 Å². The van der Waals surface area contributed by atoms with E-state index in [2.05, 4.69) is 5.32 Å². The lowest BCUT2D eigenvalue weighted by atomic mass is 9.93. The number of nitrogens with zero attached hydrogens (tertiary/aromatic N) is 1. The van der Waals surface area contributed by atoms with Crippen LogP contribution in [0, 0.1) is 5.92 Å². The highest BCUT2D eigenvalue weighted by Gasteiger charge is 2.31. The predicted octanol–water partition coefficient (Wildman–Crippen LogP) is 1.03. The van der Waals surface area contributed by atoms with Crippen LogP contribution in [0.3, 0.4) is 0 Å². The second-order valence-corrected chi connectivity index (χ2v) is 5.99. The molecule has 0 aromatic heterocycles. The molecule has 1 fully saturated rings. The lowest BCUT2D eigenvalue weighted by Crippen LogP contribution is -2.51. The predicted molar refractivity (Wildman–Crippen MR) is 87.7 cm³/mol. The fourth-order valence-corrected chi connectivity index (χ4v) is 2.71. The molecule has 1 aliphatic heterocycles. The third-order valence-electron chi connectivity index (χ3n) is 4.20. The number of ether oxygens (including phenoxy) is 1. The summed E-state index contributed by atoms with van der Waals surface area (Å²) < 4.78 is 5.06. The number of primary amides is 1. The van der Waals surface area contributed by atoms with E-state index in [-0.39, 0.29) is 31.0 Å². The molecule has 0 aliphatic carbocycles. The van der Waals surface area contributed by atoms with Gasteiger partial charge in [0, 0.05) is 12.6 Å². The molecule has 3 N–H and O–H groups in total. The molecule has 7 heteroatoms. The van der Waals surface area contributed by atoms with Crippen molar-refractivity contribution in [2.75, 3.05) is 13.1 Å². The monoisotopic (exact) mass is 333 g/mol. The average molecular weight is 333 g/mol. The van der Waals surface area contributed by atoms with Gasteiger partial charge < -0.3 is 20.7 Å². The number of carbonyl (C=O) groups excluding carboxylic acids is 3. The van der Waals surface area contributed by atoms with Crippen LogP contribution in [0.4, 0.5) is 4.79 Å². The summed E-state index contributed by atoms with van der Waals surface area (Å²) in [6.45, 7) is 2.20. The van der Waals surface area contributed by atoms with E-state index < -0.39 is 12.0 Å². The maximum absolute atomic E-state index is 12.3. The summed E-state index contributed by atoms with van der Waals surface area (Å²) in [4.78, 5) is 36.8. The Bertz CT molecular complexity index is 591. The number of rotatable bonds is 5. The van der Waals surface area contributed by atoms with Gasteiger partial charge in [0.2, 0.25) is 11.8 Å². The molecule has 130 valence electrons. The Kier molecular flexibility index (Phi) is 6.17. The van der Waals surface area contributed by atoms with Gasteiger partial charge in [-0.3, -0.25) is 9.59 Å². The summed E-state index contributed by atoms with van der Waals surface area (Å²) in [6.07, 6.45) is 0.758. The van der Waals surface area contributed by atoms with E-state index in [1.54, 1.807) is 4.90 Å². The summed E-state index contributed by atoms with van der Waals surface area (Å²) in [5.41, 5.74) is 6.19. The summed E-state index contributed by atoms with van der Waals surface area (Å²) in [6, 6.07) is 9.30. The Morgan fingerprint density at radius 2 is 1.96 bits per heavy atom. The van der Waals surface area contributed by atoms with Crippen LogP contribution in [0.5, 0.6) is 0 Å². The molecule has 0 radical (unpaired) electrons. The molecule has 2 atom stereocenters. The number of likely N-dealkylation sites (tertiary alicyclic amines) is 1. The van der Waals surface area contributed by atoms with Crippen LogP contribution in [0.15, 0.2) is 30.3 Å². The van der Waals surface area contributed by atoms with Gasteiger partial charge in [0.15, 0.2) is 0 Å². The zero-order valence-electron chi connectivity index (χ0n) is 13.7. The van der Waals surface area contributed by atoms with Crippen molar-refractivity contribution in [1.29, 1.82) is 0 Å². The minimum Gasteiger partial charge on any atom is -0.445 e. The molecule has 0 spiro atoms. The topological polar surface area (TPSA) is 102 Å². The van der Waals surface area contributed by atoms with Gasteiger partial charge in [-0.1, -0.05) is 30.3 Å². The van der Waals surface area contributed by atoms with Gasteiger partial charge in [-0.05, 0) is 25.3 Å². The van der Waals surface area contributed by atoms with Gasteiger partial charge in [0.25, 0.3) is 0 Å². The quantitative estimate of drug-likeness (QED) is 0.840. The number of nitrogens with one attached hydrogen (secondary N) is 1. The molecule has 0 saturated carbocycles. The second kappa shape index (κ2) is 8.33. The molecule has 1 aromatic carbocycles. The Morgan fingerprint density at radius 1 is 1.25 bits per heavy atom. The van der Waals surface area contributed by atoms with E-state index in [4.69, 9.17) is 10.5 Å². The van der Waals surface area contributed by atoms with Crippen LogP contribution in [0.1, 0.15) is 25.3 Å². The van der Waals surface area contributed by atoms with Crippen LogP contribution in [0.2, 0.25) is 0 Å². The van der Waals surface area contributed by atoms with Gasteiger partial charge in [-0.2, -0.15) is 0 Å². The Balaban J connectivity index is 1.77. The maximum atomic E-state index is 12.3. The van der Waals surface area contributed by atoms with Crippen molar-refractivity contribution in [2.45, 2.75) is 32.4 Å². The van der Waals surface area contributed by atoms with E-state index >= 15 is 0 Å². The maximum Gasteiger partial charge on any atom is 0.407 e. The molecule has 2 rings (SSSR count). The molecular weight excluding hydrogens is 310 g/mol. The highest BCUT2D eigenvalue weighted by atomic mass is 16.5. The molecule has 1 aliphatic rings. The summed E-state index contributed by atoms with van der Waals surface area (Å²) >= 11 is 0. The molecular formula is C17H23N3O4. The number of hydrogen-bond donors (Lipinski definition) is 2. The minimum atomic E-state index is -0.650. The van der Waals surface area contributed by atoms with Gasteiger partial charge >= 0.3 is 6.09 Å². The SMILES string of the molecule is CC1CCC(C(N)=O)CN1C(=O)CNC(=O)OCc1ccccc1. The van der Waals surface area contributed by atoms with E-state index in [0.29, 0.717) is 13.0 Å². The molecule has 0 bridgehead atoms. The number of amides is 3. The molecule has 2 unspecified atom stereocenters. The van der Waals surface area contributed by atoms with Crippen LogP contribution >= 0.6 is 0 Å². The highest BCUT2D eigenvalue weighted by molar-refractivity contribution is 5.84. The van der Waals surface area contributed by atoms with E-state index in [1.165, 1.54) is 0 Å². The Hall–Kier alpha value is -2.57. The van der Waals surface area contributed by atoms with Crippen LogP contribution in [0.25, 0.3) is 0 Å². The van der Waals surface area contributed by atoms with Gasteiger partial charge in [-0.15, -0.1) is 0 Å². The van der Waals surface area contributed by atoms with Crippen LogP contribution < -0.4 is 11.1 Å². The van der Waals surface area contributed by atoms with Gasteiger partial charge in [-0.25, -0.2) is 4.79 Å². The summed E-state index contributed by atoms with van der Waals surface area (Å²) in [7, 11) is 0. The van der Waals surface area contributed by atoms with Crippen molar-refractivity contribution in [3.8, 4) is 0 Å². The van der Waals surface area contributed by atoms with E-state index in [9.17, 15) is 14.4 Å². The first-order chi connectivity index (χ1) is 11.5. The first-order valence-electron chi connectivity index (χ1n) is 8.00. The van der Waals surface area contributed by atoms with Crippen molar-refractivity contribution in [1.82, 2.24) is 10.2 Å². The lowest BCUT2D eigenvalue weighted by molar-refractivity contribution is -0.136. The number of carbonyl (C=O) groups is 3. The highest BCUT2D eigenvalue weighted by Crippen LogP contribution is 2.21. The van der Waals surface area contributed by atoms with Gasteiger partial charge in [0.05, 0.1) is 5.92 Å². The second-order valence-electron chi connectivity index (χ2n) is 5.99. The molecule has 24 heavy (non-hydrogen) atoms. The molecule has 7 nitrogen and oxygen atoms in total. The zero-order chi connectivity index (χ0) is 17.5. The Morgan fingerprint density at radius 3 is 2.62 bits per heavy atom. The smallest absolute Gasteiger partial charge is 0.407 e. The van der Waals surface area contributed by atoms with E-state index in [0.717, 1.165) is 12.0 Å². The largest absolute Gasteiger partial charge is 0.445 e. The number of hydrogen-bond acceptors (Lipinski definition) is 4. The molecule has 1 aromatic rings. The van der Waals surface area contributed by atoms with Crippen LogP contribution in [-0.4, -0.2) is 41.9 Å². The number of piperidine rings is 1. The number of benzene rings is 1. The van der Waals surface area contributed by atoms with Crippen molar-refractivity contribution in [3.05, 3.63) is 35.9 Å². The standard InChI is InChI=1S/C17H23N3O4/c1-12-7-8-14(16(18)22)10-20(12)15(21)9-19-17(23)24-11-13-5-3-2-4-6-13/h2-6,12,14H,7-11H2,1H3,(H2,18,22)(H,19,23). The Labute approximate surface area is 141 Å². The van der Waals surface area contributed by atoms with Crippen molar-refractivity contribution >= 4 is 17.9 Å². The van der Waals surface area contributed by atoms with E-state index in [1.807, 2.05) is 37.3 Å². The third kappa shape index (κ3) is 4.97. The first kappa shape index (κ1) is 17.8. The fourth-order valence-electron chi connectivity index (χ4n) is 2.71. The van der Waals surface area contributed by atoms with Crippen LogP contribution in [-0.2, 0) is 20.9 Å². The minimum absolute atomic E-state index is 0.0234. The molecule has 3 amide bonds. The normalized spacial score (nSPS) is 20.3. The first-order valence-corrected chi connectivity index (χ1v) is 8.00. The number of alkyl carbamates (subject to hydrolysis) is 1.